The Kier molecular flexibility index (Phi) is 5.06. The number of rotatable bonds is 5. The SMILES string of the molecule is CCNCc1cc(C)ccc1OC1CCCCC1. The third kappa shape index (κ3) is 3.74. The van der Waals surface area contributed by atoms with Crippen molar-refractivity contribution in [3.8, 4) is 5.75 Å². The van der Waals surface area contributed by atoms with Crippen LogP contribution >= 0.6 is 0 Å². The van der Waals surface area contributed by atoms with Crippen molar-refractivity contribution in [2.45, 2.75) is 58.6 Å². The van der Waals surface area contributed by atoms with Gasteiger partial charge in [0.2, 0.25) is 0 Å². The summed E-state index contributed by atoms with van der Waals surface area (Å²) < 4.78 is 6.20. The van der Waals surface area contributed by atoms with Crippen molar-refractivity contribution in [3.63, 3.8) is 0 Å². The Hall–Kier alpha value is -1.02. The summed E-state index contributed by atoms with van der Waals surface area (Å²) in [5, 5.41) is 3.39. The third-order valence-electron chi connectivity index (χ3n) is 3.63. The van der Waals surface area contributed by atoms with Crippen LogP contribution in [0.3, 0.4) is 0 Å². The molecule has 0 saturated heterocycles. The Bertz CT molecular complexity index is 369. The average molecular weight is 247 g/mol. The van der Waals surface area contributed by atoms with Crippen molar-refractivity contribution in [2.24, 2.45) is 0 Å². The number of ether oxygens (including phenoxy) is 1. The second-order valence-corrected chi connectivity index (χ2v) is 5.27. The van der Waals surface area contributed by atoms with E-state index in [4.69, 9.17) is 4.74 Å². The lowest BCUT2D eigenvalue weighted by molar-refractivity contribution is 0.153. The van der Waals surface area contributed by atoms with Crippen LogP contribution in [0.1, 0.15) is 50.2 Å². The van der Waals surface area contributed by atoms with Gasteiger partial charge in [-0.25, -0.2) is 0 Å². The van der Waals surface area contributed by atoms with Crippen molar-refractivity contribution >= 4 is 0 Å². The Labute approximate surface area is 111 Å². The molecule has 1 aliphatic rings. The highest BCUT2D eigenvalue weighted by molar-refractivity contribution is 5.37. The summed E-state index contributed by atoms with van der Waals surface area (Å²) in [5.41, 5.74) is 2.60. The molecule has 100 valence electrons. The lowest BCUT2D eigenvalue weighted by Gasteiger charge is -2.24. The smallest absolute Gasteiger partial charge is 0.124 e. The van der Waals surface area contributed by atoms with Crippen LogP contribution in [0.15, 0.2) is 18.2 Å². The van der Waals surface area contributed by atoms with E-state index < -0.39 is 0 Å². The summed E-state index contributed by atoms with van der Waals surface area (Å²) in [6, 6.07) is 6.52. The van der Waals surface area contributed by atoms with Crippen molar-refractivity contribution in [1.82, 2.24) is 5.32 Å². The van der Waals surface area contributed by atoms with E-state index in [2.05, 4.69) is 37.4 Å². The highest BCUT2D eigenvalue weighted by atomic mass is 16.5. The molecule has 1 saturated carbocycles. The second-order valence-electron chi connectivity index (χ2n) is 5.27. The van der Waals surface area contributed by atoms with E-state index >= 15 is 0 Å². The molecule has 0 amide bonds. The Morgan fingerprint density at radius 3 is 2.72 bits per heavy atom. The normalized spacial score (nSPS) is 16.8. The molecule has 0 bridgehead atoms. The molecule has 0 atom stereocenters. The van der Waals surface area contributed by atoms with E-state index in [1.54, 1.807) is 0 Å². The van der Waals surface area contributed by atoms with Crippen LogP contribution in [0.5, 0.6) is 5.75 Å². The van der Waals surface area contributed by atoms with Gasteiger partial charge in [0.05, 0.1) is 6.10 Å². The van der Waals surface area contributed by atoms with Crippen molar-refractivity contribution in [2.75, 3.05) is 6.54 Å². The number of benzene rings is 1. The van der Waals surface area contributed by atoms with Crippen LogP contribution in [-0.2, 0) is 6.54 Å². The molecule has 1 N–H and O–H groups in total. The molecule has 0 unspecified atom stereocenters. The maximum Gasteiger partial charge on any atom is 0.124 e. The van der Waals surface area contributed by atoms with Crippen LogP contribution in [0.25, 0.3) is 0 Å². The first-order valence-corrected chi connectivity index (χ1v) is 7.26. The molecule has 0 heterocycles. The summed E-state index contributed by atoms with van der Waals surface area (Å²) in [4.78, 5) is 0. The van der Waals surface area contributed by atoms with E-state index in [1.807, 2.05) is 0 Å². The zero-order chi connectivity index (χ0) is 12.8. The standard InChI is InChI=1S/C16H25NO/c1-3-17-12-14-11-13(2)9-10-16(14)18-15-7-5-4-6-8-15/h9-11,15,17H,3-8,12H2,1-2H3. The fraction of sp³-hybridized carbons (Fsp3) is 0.625. The summed E-state index contributed by atoms with van der Waals surface area (Å²) in [5.74, 6) is 1.08. The molecule has 2 rings (SSSR count). The molecule has 1 aromatic rings. The number of aryl methyl sites for hydroxylation is 1. The minimum absolute atomic E-state index is 0.432. The van der Waals surface area contributed by atoms with Gasteiger partial charge in [-0.05, 0) is 45.2 Å². The molecule has 1 aliphatic carbocycles. The van der Waals surface area contributed by atoms with Crippen molar-refractivity contribution in [1.29, 1.82) is 0 Å². The zero-order valence-corrected chi connectivity index (χ0v) is 11.7. The number of hydrogen-bond donors (Lipinski definition) is 1. The lowest BCUT2D eigenvalue weighted by atomic mass is 9.97. The molecule has 0 aromatic heterocycles. The summed E-state index contributed by atoms with van der Waals surface area (Å²) in [7, 11) is 0. The predicted molar refractivity (Wildman–Crippen MR) is 76.1 cm³/mol. The lowest BCUT2D eigenvalue weighted by Crippen LogP contribution is -2.21. The summed E-state index contributed by atoms with van der Waals surface area (Å²) in [6.45, 7) is 6.17. The topological polar surface area (TPSA) is 21.3 Å². The molecule has 0 radical (unpaired) electrons. The first-order chi connectivity index (χ1) is 8.79. The van der Waals surface area contributed by atoms with Crippen LogP contribution in [-0.4, -0.2) is 12.6 Å². The minimum Gasteiger partial charge on any atom is -0.490 e. The van der Waals surface area contributed by atoms with Gasteiger partial charge in [-0.1, -0.05) is 31.0 Å². The maximum atomic E-state index is 6.20. The van der Waals surface area contributed by atoms with Gasteiger partial charge in [-0.3, -0.25) is 0 Å². The molecule has 18 heavy (non-hydrogen) atoms. The van der Waals surface area contributed by atoms with Crippen LogP contribution in [0, 0.1) is 6.92 Å². The molecule has 1 fully saturated rings. The molecule has 2 nitrogen and oxygen atoms in total. The number of nitrogens with one attached hydrogen (secondary N) is 1. The van der Waals surface area contributed by atoms with E-state index in [9.17, 15) is 0 Å². The van der Waals surface area contributed by atoms with Crippen molar-refractivity contribution in [3.05, 3.63) is 29.3 Å². The molecule has 2 heteroatoms. The molecule has 0 spiro atoms. The van der Waals surface area contributed by atoms with E-state index in [0.29, 0.717) is 6.10 Å². The monoisotopic (exact) mass is 247 g/mol. The third-order valence-corrected chi connectivity index (χ3v) is 3.63. The quantitative estimate of drug-likeness (QED) is 0.854. The Morgan fingerprint density at radius 2 is 2.00 bits per heavy atom. The Balaban J connectivity index is 2.04. The van der Waals surface area contributed by atoms with Gasteiger partial charge < -0.3 is 10.1 Å². The van der Waals surface area contributed by atoms with Gasteiger partial charge in [-0.15, -0.1) is 0 Å². The first-order valence-electron chi connectivity index (χ1n) is 7.26. The van der Waals surface area contributed by atoms with Crippen LogP contribution < -0.4 is 10.1 Å². The molecular weight excluding hydrogens is 222 g/mol. The molecule has 0 aliphatic heterocycles. The van der Waals surface area contributed by atoms with Gasteiger partial charge in [0.15, 0.2) is 0 Å². The van der Waals surface area contributed by atoms with E-state index in [1.165, 1.54) is 43.2 Å². The predicted octanol–water partition coefficient (Wildman–Crippen LogP) is 3.82. The minimum atomic E-state index is 0.432. The van der Waals surface area contributed by atoms with E-state index in [0.717, 1.165) is 18.8 Å². The van der Waals surface area contributed by atoms with Gasteiger partial charge in [0.1, 0.15) is 5.75 Å². The second kappa shape index (κ2) is 6.79. The van der Waals surface area contributed by atoms with Gasteiger partial charge >= 0.3 is 0 Å². The highest BCUT2D eigenvalue weighted by Gasteiger charge is 2.16. The van der Waals surface area contributed by atoms with Gasteiger partial charge in [0, 0.05) is 12.1 Å². The van der Waals surface area contributed by atoms with Crippen molar-refractivity contribution < 1.29 is 4.74 Å². The summed E-state index contributed by atoms with van der Waals surface area (Å²) in [6.07, 6.45) is 6.88. The number of hydrogen-bond acceptors (Lipinski definition) is 2. The molecular formula is C16H25NO. The van der Waals surface area contributed by atoms with Crippen LogP contribution in [0.4, 0.5) is 0 Å². The Morgan fingerprint density at radius 1 is 1.22 bits per heavy atom. The van der Waals surface area contributed by atoms with E-state index in [-0.39, 0.29) is 0 Å². The maximum absolute atomic E-state index is 6.20. The van der Waals surface area contributed by atoms with Gasteiger partial charge in [-0.2, -0.15) is 0 Å². The first kappa shape index (κ1) is 13.4. The fourth-order valence-electron chi connectivity index (χ4n) is 2.58. The highest BCUT2D eigenvalue weighted by Crippen LogP contribution is 2.26. The summed E-state index contributed by atoms with van der Waals surface area (Å²) >= 11 is 0. The molecule has 1 aromatic carbocycles. The fourth-order valence-corrected chi connectivity index (χ4v) is 2.58. The van der Waals surface area contributed by atoms with Gasteiger partial charge in [0.25, 0.3) is 0 Å². The average Bonchev–Trinajstić information content (AvgIpc) is 2.40. The zero-order valence-electron chi connectivity index (χ0n) is 11.7. The largest absolute Gasteiger partial charge is 0.490 e. The van der Waals surface area contributed by atoms with Crippen LogP contribution in [0.2, 0.25) is 0 Å².